The molecule has 1 aliphatic carbocycles. The van der Waals surface area contributed by atoms with Crippen molar-refractivity contribution >= 4 is 11.5 Å². The first kappa shape index (κ1) is 32.2. The molecule has 2 aromatic heterocycles. The van der Waals surface area contributed by atoms with E-state index in [0.29, 0.717) is 18.5 Å². The maximum atomic E-state index is 12.0. The minimum absolute atomic E-state index is 0.00170. The van der Waals surface area contributed by atoms with E-state index in [1.165, 1.54) is 28.4 Å². The molecule has 238 valence electrons. The van der Waals surface area contributed by atoms with Crippen LogP contribution in [0.5, 0.6) is 5.88 Å². The van der Waals surface area contributed by atoms with Crippen molar-refractivity contribution in [2.75, 3.05) is 26.4 Å². The highest BCUT2D eigenvalue weighted by atomic mass is 16.5. The lowest BCUT2D eigenvalue weighted by molar-refractivity contribution is 0.0145. The average molecular weight is 614 g/mol. The van der Waals surface area contributed by atoms with Crippen molar-refractivity contribution < 1.29 is 19.0 Å². The molecule has 5 rings (SSSR count). The van der Waals surface area contributed by atoms with Gasteiger partial charge in [0, 0.05) is 29.9 Å². The topological polar surface area (TPSA) is 108 Å². The Morgan fingerprint density at radius 3 is 2.78 bits per heavy atom. The van der Waals surface area contributed by atoms with Gasteiger partial charge in [0.1, 0.15) is 17.9 Å². The number of aryl methyl sites for hydroxylation is 1. The number of aromatic nitrogens is 3. The summed E-state index contributed by atoms with van der Waals surface area (Å²) in [6, 6.07) is 12.8. The fraction of sp³-hybridized carbons (Fsp3) is 0.457. The Morgan fingerprint density at radius 1 is 1.18 bits per heavy atom. The monoisotopic (exact) mass is 613 g/mol. The van der Waals surface area contributed by atoms with E-state index in [1.54, 1.807) is 13.0 Å². The fourth-order valence-corrected chi connectivity index (χ4v) is 6.05. The minimum atomic E-state index is -0.939. The van der Waals surface area contributed by atoms with Crippen LogP contribution in [0.3, 0.4) is 0 Å². The van der Waals surface area contributed by atoms with Crippen LogP contribution in [-0.2, 0) is 22.6 Å². The van der Waals surface area contributed by atoms with E-state index in [4.69, 9.17) is 19.2 Å². The average Bonchev–Trinajstić information content (AvgIpc) is 3.48. The number of amides is 1. The highest BCUT2D eigenvalue weighted by Gasteiger charge is 2.24. The van der Waals surface area contributed by atoms with Gasteiger partial charge in [0.05, 0.1) is 25.1 Å². The molecule has 0 unspecified atom stereocenters. The van der Waals surface area contributed by atoms with Crippen LogP contribution in [0.15, 0.2) is 65.2 Å². The summed E-state index contributed by atoms with van der Waals surface area (Å²) in [4.78, 5) is 30.4. The Hall–Kier alpha value is -4.15. The van der Waals surface area contributed by atoms with Gasteiger partial charge in [0.15, 0.2) is 5.82 Å². The number of carbonyl (C=O) groups is 1. The lowest BCUT2D eigenvalue weighted by Crippen LogP contribution is -2.41. The van der Waals surface area contributed by atoms with Crippen molar-refractivity contribution in [1.82, 2.24) is 19.7 Å². The summed E-state index contributed by atoms with van der Waals surface area (Å²) in [6.07, 6.45) is 8.67. The van der Waals surface area contributed by atoms with Crippen LogP contribution in [-0.4, -0.2) is 58.0 Å². The summed E-state index contributed by atoms with van der Waals surface area (Å²) in [5.74, 6) is 0.474. The van der Waals surface area contributed by atoms with Crippen LogP contribution in [0.4, 0.5) is 0 Å². The van der Waals surface area contributed by atoms with Crippen molar-refractivity contribution in [3.8, 4) is 11.7 Å². The van der Waals surface area contributed by atoms with Crippen LogP contribution >= 0.6 is 0 Å². The van der Waals surface area contributed by atoms with Gasteiger partial charge < -0.3 is 14.2 Å². The standard InChI is InChI=1S/C35H43N5O5/c1-5-17-39(28-11-9-18-43-23-28)21-26-15-16-27(25(4)19-26)22-45-33-24(3)10-7-12-29(33)31-13-8-14-32(37-31)40-35(44-6-2)30(20-36-40)34(41)38-42/h8,12-16,19-20,28H,5-7,9-11,17-18,21-23H2,1-4H3/t28-/m0/s1. The maximum absolute atomic E-state index is 12.0. The molecule has 45 heavy (non-hydrogen) atoms. The molecule has 3 heterocycles. The van der Waals surface area contributed by atoms with Crippen molar-refractivity contribution in [3.63, 3.8) is 0 Å². The summed E-state index contributed by atoms with van der Waals surface area (Å²) in [5.41, 5.74) is 6.46. The zero-order valence-electron chi connectivity index (χ0n) is 26.8. The third-order valence-corrected chi connectivity index (χ3v) is 8.38. The highest BCUT2D eigenvalue weighted by molar-refractivity contribution is 5.97. The second-order valence-electron chi connectivity index (χ2n) is 11.6. The molecule has 0 radical (unpaired) electrons. The van der Waals surface area contributed by atoms with Crippen LogP contribution in [0.1, 0.15) is 85.6 Å². The minimum Gasteiger partial charge on any atom is -0.488 e. The second kappa shape index (κ2) is 15.2. The van der Waals surface area contributed by atoms with Crippen molar-refractivity contribution in [3.05, 3.63) is 92.9 Å². The number of ether oxygens (including phenoxy) is 3. The van der Waals surface area contributed by atoms with E-state index in [9.17, 15) is 9.70 Å². The van der Waals surface area contributed by atoms with Gasteiger partial charge in [-0.25, -0.2) is 4.98 Å². The van der Waals surface area contributed by atoms with E-state index < -0.39 is 5.91 Å². The van der Waals surface area contributed by atoms with Gasteiger partial charge in [-0.2, -0.15) is 9.78 Å². The molecule has 0 saturated carbocycles. The van der Waals surface area contributed by atoms with Crippen LogP contribution in [0, 0.1) is 11.8 Å². The summed E-state index contributed by atoms with van der Waals surface area (Å²) in [6.45, 7) is 12.7. The number of rotatable bonds is 13. The van der Waals surface area contributed by atoms with Crippen molar-refractivity contribution in [2.24, 2.45) is 5.18 Å². The Morgan fingerprint density at radius 2 is 2.04 bits per heavy atom. The number of hydrogen-bond donors (Lipinski definition) is 0. The molecule has 10 heteroatoms. The summed E-state index contributed by atoms with van der Waals surface area (Å²) < 4.78 is 19.4. The van der Waals surface area contributed by atoms with Gasteiger partial charge in [0.2, 0.25) is 5.88 Å². The molecular formula is C35H43N5O5. The summed E-state index contributed by atoms with van der Waals surface area (Å²) in [5, 5.41) is 6.81. The lowest BCUT2D eigenvalue weighted by atomic mass is 9.95. The second-order valence-corrected chi connectivity index (χ2v) is 11.6. The molecular weight excluding hydrogens is 570 g/mol. The van der Waals surface area contributed by atoms with Crippen LogP contribution in [0.2, 0.25) is 0 Å². The number of nitroso groups, excluding NO2 is 1. The first-order valence-electron chi connectivity index (χ1n) is 15.9. The number of benzene rings is 1. The molecule has 1 saturated heterocycles. The number of allylic oxidation sites excluding steroid dienone is 3. The third-order valence-electron chi connectivity index (χ3n) is 8.38. The molecule has 0 bridgehead atoms. The molecule has 1 amide bonds. The number of pyridine rings is 1. The Balaban J connectivity index is 1.33. The Bertz CT molecular complexity index is 1570. The normalized spacial score (nSPS) is 16.9. The van der Waals surface area contributed by atoms with Gasteiger partial charge in [0.25, 0.3) is 0 Å². The zero-order chi connectivity index (χ0) is 31.8. The predicted octanol–water partition coefficient (Wildman–Crippen LogP) is 6.94. The van der Waals surface area contributed by atoms with E-state index in [2.05, 4.69) is 60.2 Å². The van der Waals surface area contributed by atoms with Gasteiger partial charge in [-0.1, -0.05) is 37.3 Å². The number of carbonyl (C=O) groups excluding carboxylic acids is 1. The predicted molar refractivity (Wildman–Crippen MR) is 173 cm³/mol. The third kappa shape index (κ3) is 7.57. The quantitative estimate of drug-likeness (QED) is 0.191. The smallest absolute Gasteiger partial charge is 0.323 e. The van der Waals surface area contributed by atoms with E-state index in [1.807, 2.05) is 12.1 Å². The van der Waals surface area contributed by atoms with Crippen LogP contribution < -0.4 is 4.74 Å². The molecule has 1 fully saturated rings. The summed E-state index contributed by atoms with van der Waals surface area (Å²) in [7, 11) is 0. The van der Waals surface area contributed by atoms with E-state index >= 15 is 0 Å². The van der Waals surface area contributed by atoms with Crippen LogP contribution in [0.25, 0.3) is 11.4 Å². The maximum Gasteiger partial charge on any atom is 0.323 e. The van der Waals surface area contributed by atoms with Gasteiger partial charge in [-0.15, -0.1) is 4.91 Å². The lowest BCUT2D eigenvalue weighted by Gasteiger charge is -2.34. The number of nitrogens with zero attached hydrogens (tertiary/aromatic N) is 5. The molecule has 3 aromatic rings. The molecule has 10 nitrogen and oxygen atoms in total. The number of hydrogen-bond acceptors (Lipinski definition) is 8. The summed E-state index contributed by atoms with van der Waals surface area (Å²) >= 11 is 0. The molecule has 0 spiro atoms. The molecule has 1 aromatic carbocycles. The fourth-order valence-electron chi connectivity index (χ4n) is 6.05. The first-order valence-corrected chi connectivity index (χ1v) is 15.9. The molecule has 2 aliphatic rings. The van der Waals surface area contributed by atoms with E-state index in [0.717, 1.165) is 80.1 Å². The zero-order valence-corrected chi connectivity index (χ0v) is 26.8. The highest BCUT2D eigenvalue weighted by Crippen LogP contribution is 2.34. The van der Waals surface area contributed by atoms with E-state index in [-0.39, 0.29) is 18.1 Å². The Kier molecular flexibility index (Phi) is 10.9. The largest absolute Gasteiger partial charge is 0.488 e. The van der Waals surface area contributed by atoms with Gasteiger partial charge >= 0.3 is 5.91 Å². The molecule has 1 atom stereocenters. The van der Waals surface area contributed by atoms with Crippen molar-refractivity contribution in [1.29, 1.82) is 0 Å². The Labute approximate surface area is 265 Å². The molecule has 0 N–H and O–H groups in total. The van der Waals surface area contributed by atoms with Gasteiger partial charge in [-0.05, 0) is 93.8 Å². The van der Waals surface area contributed by atoms with Crippen molar-refractivity contribution in [2.45, 2.75) is 79.0 Å². The van der Waals surface area contributed by atoms with Gasteiger partial charge in [-0.3, -0.25) is 9.69 Å². The first-order chi connectivity index (χ1) is 21.9. The molecule has 1 aliphatic heterocycles. The SMILES string of the molecule is CCCN(Cc1ccc(COC2=C(C)CCC=C2c2cccc(-n3ncc(C(=O)N=O)c3OCC)n2)c(C)c1)[C@H]1CCCOC1.